The van der Waals surface area contributed by atoms with Crippen LogP contribution in [0.4, 0.5) is 4.39 Å². The zero-order valence-electron chi connectivity index (χ0n) is 16.6. The summed E-state index contributed by atoms with van der Waals surface area (Å²) < 4.78 is 15.0. The SMILES string of the molecule is Cc1ccc(CN2OCCC(N3CC[C@@H](c4ccc(O)cc4)[C@H](F)C3)C2=O)cc1. The Kier molecular flexibility index (Phi) is 5.83. The number of carbonyl (C=O) groups excluding carboxylic acids is 1. The molecule has 0 bridgehead atoms. The molecule has 2 heterocycles. The number of aryl methyl sites for hydroxylation is 1. The molecule has 2 aliphatic heterocycles. The van der Waals surface area contributed by atoms with E-state index < -0.39 is 6.17 Å². The Balaban J connectivity index is 1.40. The predicted octanol–water partition coefficient (Wildman–Crippen LogP) is 3.56. The number of rotatable bonds is 4. The van der Waals surface area contributed by atoms with Gasteiger partial charge in [-0.1, -0.05) is 42.0 Å². The number of likely N-dealkylation sites (tertiary alicyclic amines) is 1. The monoisotopic (exact) mass is 398 g/mol. The molecule has 0 aromatic heterocycles. The summed E-state index contributed by atoms with van der Waals surface area (Å²) in [6, 6.07) is 14.4. The van der Waals surface area contributed by atoms with Crippen LogP contribution in [-0.2, 0) is 16.2 Å². The molecular formula is C23H27FN2O3. The Hall–Kier alpha value is -2.44. The number of aromatic hydroxyl groups is 1. The molecule has 5 nitrogen and oxygen atoms in total. The smallest absolute Gasteiger partial charge is 0.263 e. The van der Waals surface area contributed by atoms with Gasteiger partial charge in [-0.2, -0.15) is 0 Å². The highest BCUT2D eigenvalue weighted by Crippen LogP contribution is 2.33. The first-order valence-electron chi connectivity index (χ1n) is 10.2. The number of piperidine rings is 1. The topological polar surface area (TPSA) is 53.0 Å². The van der Waals surface area contributed by atoms with Gasteiger partial charge in [0.15, 0.2) is 0 Å². The molecule has 1 N–H and O–H groups in total. The van der Waals surface area contributed by atoms with Crippen LogP contribution in [0.2, 0.25) is 0 Å². The summed E-state index contributed by atoms with van der Waals surface area (Å²) in [6.45, 7) is 3.79. The maximum atomic E-state index is 15.0. The average molecular weight is 398 g/mol. The normalized spacial score (nSPS) is 25.9. The Labute approximate surface area is 170 Å². The summed E-state index contributed by atoms with van der Waals surface area (Å²) in [4.78, 5) is 20.6. The molecule has 0 radical (unpaired) electrons. The first-order valence-corrected chi connectivity index (χ1v) is 10.2. The molecule has 2 saturated heterocycles. The summed E-state index contributed by atoms with van der Waals surface area (Å²) in [7, 11) is 0. The number of phenolic OH excluding ortho intramolecular Hbond substituents is 1. The number of carbonyl (C=O) groups is 1. The standard InChI is InChI=1S/C23H27FN2O3/c1-16-2-4-17(5-3-16)14-26-23(28)22(11-13-29-26)25-12-10-20(21(24)15-25)18-6-8-19(27)9-7-18/h2-9,20-22,27H,10-15H2,1H3/t20-,21+,22?/m0/s1. The van der Waals surface area contributed by atoms with Crippen LogP contribution in [0.3, 0.4) is 0 Å². The van der Waals surface area contributed by atoms with E-state index in [0.717, 1.165) is 11.1 Å². The molecular weight excluding hydrogens is 371 g/mol. The third-order valence-electron chi connectivity index (χ3n) is 5.95. The second-order valence-electron chi connectivity index (χ2n) is 8.00. The van der Waals surface area contributed by atoms with Gasteiger partial charge in [-0.25, -0.2) is 9.45 Å². The molecule has 1 unspecified atom stereocenters. The van der Waals surface area contributed by atoms with Crippen molar-refractivity contribution in [3.05, 3.63) is 65.2 Å². The Morgan fingerprint density at radius 3 is 2.52 bits per heavy atom. The number of alkyl halides is 1. The fourth-order valence-corrected chi connectivity index (χ4v) is 4.26. The second kappa shape index (κ2) is 8.51. The molecule has 2 aliphatic rings. The van der Waals surface area contributed by atoms with E-state index in [9.17, 15) is 14.3 Å². The summed E-state index contributed by atoms with van der Waals surface area (Å²) in [6.07, 6.45) is 0.184. The first-order chi connectivity index (χ1) is 14.0. The zero-order chi connectivity index (χ0) is 20.4. The van der Waals surface area contributed by atoms with E-state index in [1.54, 1.807) is 24.3 Å². The van der Waals surface area contributed by atoms with Crippen LogP contribution in [0, 0.1) is 6.92 Å². The number of hydrogen-bond donors (Lipinski definition) is 1. The molecule has 0 spiro atoms. The van der Waals surface area contributed by atoms with Gasteiger partial charge in [0.1, 0.15) is 11.9 Å². The molecule has 1 amide bonds. The Bertz CT molecular complexity index is 840. The minimum Gasteiger partial charge on any atom is -0.508 e. The van der Waals surface area contributed by atoms with Crippen molar-refractivity contribution in [3.63, 3.8) is 0 Å². The van der Waals surface area contributed by atoms with E-state index in [1.165, 1.54) is 10.6 Å². The molecule has 3 atom stereocenters. The number of halogens is 1. The third-order valence-corrected chi connectivity index (χ3v) is 5.95. The summed E-state index contributed by atoms with van der Waals surface area (Å²) in [5.74, 6) is -0.111. The lowest BCUT2D eigenvalue weighted by Gasteiger charge is -2.42. The van der Waals surface area contributed by atoms with Crippen LogP contribution in [0.15, 0.2) is 48.5 Å². The highest BCUT2D eigenvalue weighted by atomic mass is 19.1. The van der Waals surface area contributed by atoms with E-state index >= 15 is 0 Å². The lowest BCUT2D eigenvalue weighted by Crippen LogP contribution is -2.56. The van der Waals surface area contributed by atoms with E-state index in [1.807, 2.05) is 36.1 Å². The van der Waals surface area contributed by atoms with Crippen LogP contribution in [0.5, 0.6) is 5.75 Å². The van der Waals surface area contributed by atoms with Crippen molar-refractivity contribution in [1.82, 2.24) is 9.96 Å². The summed E-state index contributed by atoms with van der Waals surface area (Å²) in [5, 5.41) is 10.9. The quantitative estimate of drug-likeness (QED) is 0.856. The Morgan fingerprint density at radius 1 is 1.10 bits per heavy atom. The van der Waals surface area contributed by atoms with Gasteiger partial charge in [0.25, 0.3) is 5.91 Å². The molecule has 0 saturated carbocycles. The van der Waals surface area contributed by atoms with Gasteiger partial charge in [-0.05, 0) is 49.6 Å². The maximum absolute atomic E-state index is 15.0. The summed E-state index contributed by atoms with van der Waals surface area (Å²) in [5.41, 5.74) is 3.08. The zero-order valence-corrected chi connectivity index (χ0v) is 16.6. The number of benzene rings is 2. The minimum atomic E-state index is -1.05. The van der Waals surface area contributed by atoms with Gasteiger partial charge >= 0.3 is 0 Å². The highest BCUT2D eigenvalue weighted by molar-refractivity contribution is 5.81. The molecule has 2 aromatic rings. The van der Waals surface area contributed by atoms with Gasteiger partial charge in [-0.3, -0.25) is 14.5 Å². The van der Waals surface area contributed by atoms with E-state index in [4.69, 9.17) is 4.84 Å². The van der Waals surface area contributed by atoms with E-state index in [2.05, 4.69) is 0 Å². The van der Waals surface area contributed by atoms with Crippen LogP contribution in [-0.4, -0.2) is 52.9 Å². The predicted molar refractivity (Wildman–Crippen MR) is 108 cm³/mol. The van der Waals surface area contributed by atoms with Crippen molar-refractivity contribution < 1.29 is 19.1 Å². The van der Waals surface area contributed by atoms with Gasteiger partial charge in [0.2, 0.25) is 0 Å². The number of hydroxylamine groups is 2. The summed E-state index contributed by atoms with van der Waals surface area (Å²) >= 11 is 0. The van der Waals surface area contributed by atoms with Gasteiger partial charge in [0.05, 0.1) is 19.2 Å². The third kappa shape index (κ3) is 4.43. The lowest BCUT2D eigenvalue weighted by molar-refractivity contribution is -0.212. The largest absolute Gasteiger partial charge is 0.508 e. The van der Waals surface area contributed by atoms with Crippen molar-refractivity contribution in [2.45, 2.75) is 44.4 Å². The van der Waals surface area contributed by atoms with Crippen molar-refractivity contribution in [2.24, 2.45) is 0 Å². The molecule has 2 aromatic carbocycles. The number of nitrogens with zero attached hydrogens (tertiary/aromatic N) is 2. The fourth-order valence-electron chi connectivity index (χ4n) is 4.26. The van der Waals surface area contributed by atoms with Crippen LogP contribution in [0.25, 0.3) is 0 Å². The number of amides is 1. The van der Waals surface area contributed by atoms with E-state index in [-0.39, 0.29) is 30.2 Å². The second-order valence-corrected chi connectivity index (χ2v) is 8.00. The van der Waals surface area contributed by atoms with Crippen molar-refractivity contribution in [1.29, 1.82) is 0 Å². The lowest BCUT2D eigenvalue weighted by atomic mass is 9.87. The van der Waals surface area contributed by atoms with Crippen molar-refractivity contribution in [3.8, 4) is 5.75 Å². The molecule has 154 valence electrons. The van der Waals surface area contributed by atoms with Crippen molar-refractivity contribution >= 4 is 5.91 Å². The number of hydrogen-bond acceptors (Lipinski definition) is 4. The van der Waals surface area contributed by atoms with Crippen LogP contribution >= 0.6 is 0 Å². The maximum Gasteiger partial charge on any atom is 0.263 e. The molecule has 29 heavy (non-hydrogen) atoms. The van der Waals surface area contributed by atoms with Crippen LogP contribution < -0.4 is 0 Å². The molecule has 6 heteroatoms. The van der Waals surface area contributed by atoms with Crippen molar-refractivity contribution in [2.75, 3.05) is 19.7 Å². The molecule has 2 fully saturated rings. The average Bonchev–Trinajstić information content (AvgIpc) is 2.72. The Morgan fingerprint density at radius 2 is 1.83 bits per heavy atom. The minimum absolute atomic E-state index is 0.0906. The van der Waals surface area contributed by atoms with Crippen LogP contribution in [0.1, 0.15) is 35.4 Å². The number of phenols is 1. The van der Waals surface area contributed by atoms with Gasteiger partial charge < -0.3 is 5.11 Å². The van der Waals surface area contributed by atoms with Gasteiger partial charge in [-0.15, -0.1) is 0 Å². The molecule has 0 aliphatic carbocycles. The highest BCUT2D eigenvalue weighted by Gasteiger charge is 2.39. The first kappa shape index (κ1) is 19.9. The van der Waals surface area contributed by atoms with Gasteiger partial charge in [0, 0.05) is 12.5 Å². The fraction of sp³-hybridized carbons (Fsp3) is 0.435. The van der Waals surface area contributed by atoms with E-state index in [0.29, 0.717) is 32.5 Å². The molecule has 4 rings (SSSR count).